The molecule has 0 unspecified atom stereocenters. The van der Waals surface area contributed by atoms with Gasteiger partial charge in [0, 0.05) is 6.54 Å². The predicted octanol–water partition coefficient (Wildman–Crippen LogP) is 1.34. The largest absolute Gasteiger partial charge is 0.471 e. The highest BCUT2D eigenvalue weighted by Gasteiger charge is 2.70. The van der Waals surface area contributed by atoms with Crippen LogP contribution in [0.15, 0.2) is 0 Å². The Morgan fingerprint density at radius 2 is 1.78 bits per heavy atom. The molecular formula is C23H30F5N5O4. The number of fused-ring (bicyclic) bond motifs is 1. The molecule has 3 aliphatic rings. The highest BCUT2D eigenvalue weighted by atomic mass is 19.4. The van der Waals surface area contributed by atoms with Gasteiger partial charge >= 0.3 is 12.1 Å². The molecular weight excluding hydrogens is 505 g/mol. The lowest BCUT2D eigenvalue weighted by molar-refractivity contribution is -0.176. The van der Waals surface area contributed by atoms with Crippen molar-refractivity contribution in [2.75, 3.05) is 13.1 Å². The Morgan fingerprint density at radius 3 is 2.24 bits per heavy atom. The average Bonchev–Trinajstić information content (AvgIpc) is 3.05. The van der Waals surface area contributed by atoms with Crippen molar-refractivity contribution < 1.29 is 41.1 Å². The Hall–Kier alpha value is -2.98. The summed E-state index contributed by atoms with van der Waals surface area (Å²) in [5, 5.41) is 15.6. The van der Waals surface area contributed by atoms with E-state index in [0.717, 1.165) is 4.90 Å². The molecule has 1 aliphatic carbocycles. The Balaban J connectivity index is 1.83. The van der Waals surface area contributed by atoms with E-state index in [1.165, 1.54) is 20.8 Å². The molecule has 0 aromatic carbocycles. The first-order chi connectivity index (χ1) is 16.7. The molecule has 0 aromatic heterocycles. The van der Waals surface area contributed by atoms with Crippen molar-refractivity contribution in [3.8, 4) is 6.07 Å². The number of carbonyl (C=O) groups is 4. The van der Waals surface area contributed by atoms with Gasteiger partial charge in [0.2, 0.25) is 17.7 Å². The highest BCUT2D eigenvalue weighted by molar-refractivity contribution is 5.95. The molecule has 0 spiro atoms. The number of hydrogen-bond donors (Lipinski definition) is 3. The van der Waals surface area contributed by atoms with Crippen LogP contribution in [0.1, 0.15) is 41.0 Å². The third-order valence-electron chi connectivity index (χ3n) is 7.67. The molecule has 6 atom stereocenters. The number of likely N-dealkylation sites (tertiary alicyclic amines) is 1. The van der Waals surface area contributed by atoms with Crippen LogP contribution in [0, 0.1) is 39.9 Å². The van der Waals surface area contributed by atoms with E-state index in [0.29, 0.717) is 0 Å². The van der Waals surface area contributed by atoms with Gasteiger partial charge in [-0.15, -0.1) is 0 Å². The van der Waals surface area contributed by atoms with Crippen molar-refractivity contribution in [2.45, 2.75) is 71.3 Å². The third kappa shape index (κ3) is 5.36. The lowest BCUT2D eigenvalue weighted by Gasteiger charge is -2.37. The van der Waals surface area contributed by atoms with Crippen LogP contribution in [0.4, 0.5) is 22.0 Å². The van der Waals surface area contributed by atoms with Crippen LogP contribution < -0.4 is 16.0 Å². The maximum absolute atomic E-state index is 14.0. The summed E-state index contributed by atoms with van der Waals surface area (Å²) in [5.41, 5.74) is -1.55. The first-order valence-corrected chi connectivity index (χ1v) is 11.8. The lowest BCUT2D eigenvalue weighted by atomic mass is 9.85. The van der Waals surface area contributed by atoms with E-state index >= 15 is 0 Å². The second kappa shape index (κ2) is 9.09. The second-order valence-corrected chi connectivity index (χ2v) is 11.6. The fraction of sp³-hybridized carbons (Fsp3) is 0.783. The van der Waals surface area contributed by atoms with Crippen LogP contribution in [-0.4, -0.2) is 71.8 Å². The molecule has 37 heavy (non-hydrogen) atoms. The Bertz CT molecular complexity index is 1030. The fourth-order valence-electron chi connectivity index (χ4n) is 5.40. The number of hydrogen-bond acceptors (Lipinski definition) is 5. The van der Waals surface area contributed by atoms with Gasteiger partial charge in [-0.3, -0.25) is 19.2 Å². The number of carbonyl (C=O) groups excluding carboxylic acids is 4. The van der Waals surface area contributed by atoms with E-state index in [-0.39, 0.29) is 12.5 Å². The van der Waals surface area contributed by atoms with Crippen molar-refractivity contribution in [3.05, 3.63) is 0 Å². The van der Waals surface area contributed by atoms with Crippen molar-refractivity contribution in [1.29, 1.82) is 5.26 Å². The first kappa shape index (κ1) is 28.6. The summed E-state index contributed by atoms with van der Waals surface area (Å²) in [5.74, 6) is -10.8. The number of halogens is 5. The van der Waals surface area contributed by atoms with Crippen LogP contribution in [0.2, 0.25) is 0 Å². The molecule has 0 bridgehead atoms. The summed E-state index contributed by atoms with van der Waals surface area (Å²) in [6.07, 6.45) is -5.89. The zero-order valence-corrected chi connectivity index (χ0v) is 21.0. The lowest BCUT2D eigenvalue weighted by Crippen LogP contribution is -2.61. The van der Waals surface area contributed by atoms with Gasteiger partial charge in [-0.05, 0) is 29.1 Å². The predicted molar refractivity (Wildman–Crippen MR) is 117 cm³/mol. The Morgan fingerprint density at radius 1 is 1.19 bits per heavy atom. The number of alkyl halides is 5. The molecule has 1 saturated carbocycles. The normalized spacial score (nSPS) is 29.4. The summed E-state index contributed by atoms with van der Waals surface area (Å²) in [7, 11) is 0. The van der Waals surface area contributed by atoms with E-state index < -0.39 is 89.5 Å². The average molecular weight is 536 g/mol. The van der Waals surface area contributed by atoms with E-state index in [1.807, 2.05) is 19.2 Å². The summed E-state index contributed by atoms with van der Waals surface area (Å²) in [6, 6.07) is -2.60. The topological polar surface area (TPSA) is 131 Å². The van der Waals surface area contributed by atoms with Crippen LogP contribution in [0.5, 0.6) is 0 Å². The summed E-state index contributed by atoms with van der Waals surface area (Å²) in [6.45, 7) is 7.22. The zero-order chi connectivity index (χ0) is 28.3. The molecule has 0 aromatic rings. The second-order valence-electron chi connectivity index (χ2n) is 11.6. The van der Waals surface area contributed by atoms with Gasteiger partial charge in [0.05, 0.1) is 12.6 Å². The SMILES string of the molecule is CC(C)(C)[C@H](NC(=O)C(F)(F)F)C(=O)N1C[C@H]2[C@@H]([C@H]1C(=O)N[C@H](C#N)C[C@H]1C(=O)NCC1(F)F)C2(C)C. The van der Waals surface area contributed by atoms with E-state index in [1.54, 1.807) is 11.4 Å². The van der Waals surface area contributed by atoms with Gasteiger partial charge in [-0.2, -0.15) is 18.4 Å². The standard InChI is InChI=1S/C23H30F5N5O4/c1-20(2,3)15(32-19(37)23(26,27)28)18(36)33-8-12-13(21(12,4)5)14(33)17(35)31-10(7-29)6-11-16(34)30-9-22(11,24)25/h10-15H,6,8-9H2,1-5H3,(H,30,34)(H,31,35)(H,32,37)/t10-,11-,12-,13-,14-,15+/m0/s1. The zero-order valence-electron chi connectivity index (χ0n) is 21.0. The van der Waals surface area contributed by atoms with Crippen molar-refractivity contribution in [1.82, 2.24) is 20.9 Å². The van der Waals surface area contributed by atoms with Crippen molar-refractivity contribution >= 4 is 23.6 Å². The van der Waals surface area contributed by atoms with E-state index in [9.17, 15) is 46.4 Å². The first-order valence-electron chi connectivity index (χ1n) is 11.8. The van der Waals surface area contributed by atoms with Gasteiger partial charge < -0.3 is 20.9 Å². The molecule has 9 nitrogen and oxygen atoms in total. The maximum Gasteiger partial charge on any atom is 0.471 e. The highest BCUT2D eigenvalue weighted by Crippen LogP contribution is 2.65. The molecule has 2 saturated heterocycles. The quantitative estimate of drug-likeness (QED) is 0.442. The number of piperidine rings is 1. The van der Waals surface area contributed by atoms with E-state index in [2.05, 4.69) is 5.32 Å². The number of rotatable bonds is 6. The van der Waals surface area contributed by atoms with Gasteiger partial charge in [-0.1, -0.05) is 34.6 Å². The molecule has 3 N–H and O–H groups in total. The maximum atomic E-state index is 14.0. The Kier molecular flexibility index (Phi) is 7.03. The van der Waals surface area contributed by atoms with Gasteiger partial charge in [0.25, 0.3) is 5.92 Å². The van der Waals surface area contributed by atoms with Crippen LogP contribution in [-0.2, 0) is 19.2 Å². The van der Waals surface area contributed by atoms with E-state index in [4.69, 9.17) is 0 Å². The van der Waals surface area contributed by atoms with Crippen molar-refractivity contribution in [2.24, 2.45) is 28.6 Å². The third-order valence-corrected chi connectivity index (χ3v) is 7.67. The van der Waals surface area contributed by atoms with Crippen molar-refractivity contribution in [3.63, 3.8) is 0 Å². The number of nitrogens with zero attached hydrogens (tertiary/aromatic N) is 2. The minimum absolute atomic E-state index is 0.0311. The molecule has 2 heterocycles. The molecule has 206 valence electrons. The fourth-order valence-corrected chi connectivity index (χ4v) is 5.40. The molecule has 14 heteroatoms. The number of nitrogens with one attached hydrogen (secondary N) is 3. The van der Waals surface area contributed by atoms with Crippen LogP contribution >= 0.6 is 0 Å². The summed E-state index contributed by atoms with van der Waals surface area (Å²) < 4.78 is 66.9. The van der Waals surface area contributed by atoms with Gasteiger partial charge in [-0.25, -0.2) is 8.78 Å². The molecule has 3 fully saturated rings. The van der Waals surface area contributed by atoms with Crippen LogP contribution in [0.3, 0.4) is 0 Å². The minimum Gasteiger partial charge on any atom is -0.350 e. The Labute approximate surface area is 210 Å². The minimum atomic E-state index is -5.23. The smallest absolute Gasteiger partial charge is 0.350 e. The number of amides is 4. The molecule has 2 aliphatic heterocycles. The van der Waals surface area contributed by atoms with Crippen LogP contribution in [0.25, 0.3) is 0 Å². The summed E-state index contributed by atoms with van der Waals surface area (Å²) in [4.78, 5) is 51.3. The van der Waals surface area contributed by atoms with Gasteiger partial charge in [0.15, 0.2) is 0 Å². The summed E-state index contributed by atoms with van der Waals surface area (Å²) >= 11 is 0. The monoisotopic (exact) mass is 535 g/mol. The number of nitriles is 1. The molecule has 3 rings (SSSR count). The van der Waals surface area contributed by atoms with Gasteiger partial charge in [0.1, 0.15) is 24.0 Å². The molecule has 0 radical (unpaired) electrons. The molecule has 4 amide bonds.